The van der Waals surface area contributed by atoms with E-state index in [1.165, 1.54) is 13.2 Å². The fourth-order valence-corrected chi connectivity index (χ4v) is 4.59. The molecule has 0 heterocycles. The lowest BCUT2D eigenvalue weighted by Gasteiger charge is -2.21. The first-order valence-corrected chi connectivity index (χ1v) is 11.0. The molecule has 6 nitrogen and oxygen atoms in total. The normalized spacial score (nSPS) is 11.3. The number of rotatable bonds is 6. The van der Waals surface area contributed by atoms with Crippen molar-refractivity contribution in [1.29, 1.82) is 0 Å². The third-order valence-electron chi connectivity index (χ3n) is 4.79. The molecule has 0 saturated heterocycles. The number of para-hydroxylation sites is 1. The molecule has 0 unspecified atom stereocenters. The quantitative estimate of drug-likeness (QED) is 0.442. The molecule has 0 spiro atoms. The van der Waals surface area contributed by atoms with Crippen LogP contribution in [-0.4, -0.2) is 21.4 Å². The van der Waals surface area contributed by atoms with Crippen molar-refractivity contribution >= 4 is 38.1 Å². The maximum absolute atomic E-state index is 13.3. The Kier molecular flexibility index (Phi) is 5.70. The molecule has 1 N–H and O–H groups in total. The summed E-state index contributed by atoms with van der Waals surface area (Å²) in [5, 5.41) is 4.28. The van der Waals surface area contributed by atoms with E-state index in [9.17, 15) is 13.2 Å². The number of hydrogen-bond acceptors (Lipinski definition) is 4. The van der Waals surface area contributed by atoms with Gasteiger partial charge in [-0.05, 0) is 47.9 Å². The predicted octanol–water partition coefficient (Wildman–Crippen LogP) is 4.85. The second-order valence-corrected chi connectivity index (χ2v) is 8.51. The molecular formula is C24H20N2O4S. The van der Waals surface area contributed by atoms with Crippen LogP contribution in [0.4, 0.5) is 11.4 Å². The lowest BCUT2D eigenvalue weighted by atomic mass is 10.1. The zero-order valence-electron chi connectivity index (χ0n) is 16.7. The molecule has 0 aromatic heterocycles. The summed E-state index contributed by atoms with van der Waals surface area (Å²) in [5.74, 6) is -0.274. The van der Waals surface area contributed by atoms with Gasteiger partial charge in [0.25, 0.3) is 15.9 Å². The van der Waals surface area contributed by atoms with Gasteiger partial charge in [-0.1, -0.05) is 54.6 Å². The Morgan fingerprint density at radius 3 is 2.19 bits per heavy atom. The molecular weight excluding hydrogens is 412 g/mol. The highest BCUT2D eigenvalue weighted by Gasteiger charge is 2.26. The molecule has 0 bridgehead atoms. The largest absolute Gasteiger partial charge is 0.321 e. The first-order valence-electron chi connectivity index (χ1n) is 9.54. The van der Waals surface area contributed by atoms with Crippen LogP contribution in [0.25, 0.3) is 10.8 Å². The first kappa shape index (κ1) is 20.6. The van der Waals surface area contributed by atoms with Gasteiger partial charge in [0.15, 0.2) is 0 Å². The van der Waals surface area contributed by atoms with E-state index in [1.807, 2.05) is 18.2 Å². The zero-order valence-corrected chi connectivity index (χ0v) is 17.5. The van der Waals surface area contributed by atoms with Crippen molar-refractivity contribution in [2.75, 3.05) is 16.9 Å². The fraction of sp³-hybridized carbons (Fsp3) is 0.0417. The molecule has 0 fully saturated rings. The highest BCUT2D eigenvalue weighted by atomic mass is 32.2. The van der Waals surface area contributed by atoms with Crippen molar-refractivity contribution in [2.45, 2.75) is 4.90 Å². The number of nitrogens with one attached hydrogen (secondary N) is 1. The summed E-state index contributed by atoms with van der Waals surface area (Å²) in [5.41, 5.74) is 1.42. The number of carbonyl (C=O) groups excluding carboxylic acids is 1. The van der Waals surface area contributed by atoms with Crippen LogP contribution in [-0.2, 0) is 14.9 Å². The standard InChI is InChI=1S/C24H20N2O4S/c1-30-26(20-12-6-3-7-13-20)31(28,29)21-16-15-18-11-8-14-23(22(18)17-21)25-24(27)19-9-4-2-5-10-19/h2-17H,1H3,(H,25,27). The number of sulfonamides is 1. The van der Waals surface area contributed by atoms with Crippen LogP contribution in [0.15, 0.2) is 102 Å². The van der Waals surface area contributed by atoms with Crippen LogP contribution in [0.2, 0.25) is 0 Å². The molecule has 0 radical (unpaired) electrons. The highest BCUT2D eigenvalue weighted by Crippen LogP contribution is 2.30. The molecule has 0 aliphatic carbocycles. The zero-order chi connectivity index (χ0) is 21.8. The molecule has 31 heavy (non-hydrogen) atoms. The van der Waals surface area contributed by atoms with Crippen molar-refractivity contribution in [3.8, 4) is 0 Å². The monoisotopic (exact) mass is 432 g/mol. The molecule has 4 aromatic rings. The number of fused-ring (bicyclic) bond motifs is 1. The number of carbonyl (C=O) groups is 1. The lowest BCUT2D eigenvalue weighted by Crippen LogP contribution is -2.29. The fourth-order valence-electron chi connectivity index (χ4n) is 3.29. The molecule has 156 valence electrons. The van der Waals surface area contributed by atoms with Crippen LogP contribution in [0.1, 0.15) is 10.4 Å². The molecule has 1 amide bonds. The van der Waals surface area contributed by atoms with E-state index in [0.29, 0.717) is 22.3 Å². The van der Waals surface area contributed by atoms with Gasteiger partial charge in [-0.2, -0.15) is 8.42 Å². The van der Waals surface area contributed by atoms with E-state index in [0.717, 1.165) is 9.85 Å². The SMILES string of the molecule is CON(c1ccccc1)S(=O)(=O)c1ccc2cccc(NC(=O)c3ccccc3)c2c1. The second-order valence-electron chi connectivity index (χ2n) is 6.76. The number of nitrogens with zero attached hydrogens (tertiary/aromatic N) is 1. The van der Waals surface area contributed by atoms with Gasteiger partial charge in [-0.25, -0.2) is 0 Å². The Morgan fingerprint density at radius 2 is 1.52 bits per heavy atom. The third-order valence-corrected chi connectivity index (χ3v) is 6.43. The van der Waals surface area contributed by atoms with Crippen LogP contribution >= 0.6 is 0 Å². The minimum absolute atomic E-state index is 0.0483. The molecule has 0 aliphatic heterocycles. The smallest absolute Gasteiger partial charge is 0.286 e. The first-order chi connectivity index (χ1) is 15.0. The van der Waals surface area contributed by atoms with E-state index in [4.69, 9.17) is 4.84 Å². The summed E-state index contributed by atoms with van der Waals surface area (Å²) in [6.45, 7) is 0. The summed E-state index contributed by atoms with van der Waals surface area (Å²) in [4.78, 5) is 17.9. The van der Waals surface area contributed by atoms with Crippen LogP contribution in [0, 0.1) is 0 Å². The minimum atomic E-state index is -3.99. The number of benzene rings is 4. The van der Waals surface area contributed by atoms with E-state index in [1.54, 1.807) is 72.8 Å². The van der Waals surface area contributed by atoms with E-state index >= 15 is 0 Å². The predicted molar refractivity (Wildman–Crippen MR) is 121 cm³/mol. The molecule has 0 saturated carbocycles. The average Bonchev–Trinajstić information content (AvgIpc) is 2.80. The topological polar surface area (TPSA) is 75.7 Å². The van der Waals surface area contributed by atoms with Gasteiger partial charge in [-0.3, -0.25) is 9.63 Å². The van der Waals surface area contributed by atoms with Crippen molar-refractivity contribution < 1.29 is 18.0 Å². The van der Waals surface area contributed by atoms with Gasteiger partial charge in [0.1, 0.15) is 0 Å². The van der Waals surface area contributed by atoms with Crippen LogP contribution in [0.5, 0.6) is 0 Å². The lowest BCUT2D eigenvalue weighted by molar-refractivity contribution is 0.102. The van der Waals surface area contributed by atoms with Crippen molar-refractivity contribution in [3.05, 3.63) is 103 Å². The van der Waals surface area contributed by atoms with E-state index in [-0.39, 0.29) is 10.8 Å². The molecule has 0 atom stereocenters. The third kappa shape index (κ3) is 4.14. The van der Waals surface area contributed by atoms with E-state index in [2.05, 4.69) is 5.32 Å². The summed E-state index contributed by atoms with van der Waals surface area (Å²) in [7, 11) is -2.69. The average molecular weight is 433 g/mol. The van der Waals surface area contributed by atoms with E-state index < -0.39 is 10.0 Å². The maximum Gasteiger partial charge on any atom is 0.286 e. The van der Waals surface area contributed by atoms with Crippen molar-refractivity contribution in [3.63, 3.8) is 0 Å². The summed E-state index contributed by atoms with van der Waals surface area (Å²) < 4.78 is 27.4. The number of hydrogen-bond donors (Lipinski definition) is 1. The van der Waals surface area contributed by atoms with Gasteiger partial charge in [-0.15, -0.1) is 4.47 Å². The molecule has 7 heteroatoms. The number of anilines is 2. The summed E-state index contributed by atoms with van der Waals surface area (Å²) in [6.07, 6.45) is 0. The highest BCUT2D eigenvalue weighted by molar-refractivity contribution is 7.92. The molecule has 4 aromatic carbocycles. The van der Waals surface area contributed by atoms with Gasteiger partial charge >= 0.3 is 0 Å². The second kappa shape index (κ2) is 8.59. The molecule has 4 rings (SSSR count). The van der Waals surface area contributed by atoms with Crippen LogP contribution in [0.3, 0.4) is 0 Å². The van der Waals surface area contributed by atoms with Gasteiger partial charge < -0.3 is 5.32 Å². The Morgan fingerprint density at radius 1 is 0.839 bits per heavy atom. The maximum atomic E-state index is 13.3. The Balaban J connectivity index is 1.75. The van der Waals surface area contributed by atoms with Crippen molar-refractivity contribution in [1.82, 2.24) is 0 Å². The van der Waals surface area contributed by atoms with Gasteiger partial charge in [0.2, 0.25) is 0 Å². The molecule has 0 aliphatic rings. The number of amides is 1. The van der Waals surface area contributed by atoms with Gasteiger partial charge in [0.05, 0.1) is 17.7 Å². The minimum Gasteiger partial charge on any atom is -0.321 e. The Bertz CT molecular complexity index is 1320. The van der Waals surface area contributed by atoms with Gasteiger partial charge in [0, 0.05) is 16.6 Å². The van der Waals surface area contributed by atoms with Crippen LogP contribution < -0.4 is 9.79 Å². The Labute approximate surface area is 180 Å². The summed E-state index contributed by atoms with van der Waals surface area (Å²) in [6, 6.07) is 27.6. The van der Waals surface area contributed by atoms with Crippen molar-refractivity contribution in [2.24, 2.45) is 0 Å². The summed E-state index contributed by atoms with van der Waals surface area (Å²) >= 11 is 0. The Hall–Kier alpha value is -3.68.